The van der Waals surface area contributed by atoms with E-state index in [1.165, 1.54) is 0 Å². The minimum absolute atomic E-state index is 0. The number of phenolic OH excluding ortho intramolecular Hbond substituents is 12. The van der Waals surface area contributed by atoms with Crippen molar-refractivity contribution < 1.29 is 127 Å². The molecule has 0 spiro atoms. The number of carboxylic acids is 4. The van der Waals surface area contributed by atoms with Crippen LogP contribution in [0.5, 0.6) is 69.0 Å². The van der Waals surface area contributed by atoms with Crippen molar-refractivity contribution >= 4 is 23.9 Å². The van der Waals surface area contributed by atoms with E-state index in [4.69, 9.17) is 61.3 Å². The Morgan fingerprint density at radius 1 is 0.306 bits per heavy atom. The van der Waals surface area contributed by atoms with E-state index in [9.17, 15) is 39.6 Å². The third kappa shape index (κ3) is 11.8. The van der Waals surface area contributed by atoms with Crippen molar-refractivity contribution in [1.82, 2.24) is 0 Å². The summed E-state index contributed by atoms with van der Waals surface area (Å²) in [6.45, 7) is 0. The van der Waals surface area contributed by atoms with Crippen molar-refractivity contribution in [2.75, 3.05) is 0 Å². The molecule has 0 amide bonds. The molecule has 0 saturated carbocycles. The molecule has 0 radical (unpaired) electrons. The minimum atomic E-state index is -1.54. The number of carboxylic acid groups (broad SMARTS) is 4. The zero-order valence-electron chi connectivity index (χ0n) is 23.8. The van der Waals surface area contributed by atoms with Crippen LogP contribution in [0.4, 0.5) is 0 Å². The first-order valence-corrected chi connectivity index (χ1v) is 11.9. The standard InChI is InChI=1S/4C7H6O5.Zr/c4*8-4-1-3(7(11)12)2-5(9)6(4)10;/h4*1-2,8-10H,(H,11,12);/q;;;;+4/p-4. The van der Waals surface area contributed by atoms with Gasteiger partial charge in [0.25, 0.3) is 0 Å². The topological polar surface area (TPSA) is 403 Å². The van der Waals surface area contributed by atoms with Crippen LogP contribution in [0.2, 0.25) is 0 Å². The Morgan fingerprint density at radius 3 is 0.490 bits per heavy atom. The predicted molar refractivity (Wildman–Crippen MR) is 143 cm³/mol. The second-order valence-electron chi connectivity index (χ2n) is 8.60. The normalized spacial score (nSPS) is 9.47. The summed E-state index contributed by atoms with van der Waals surface area (Å²) in [5, 5.41) is 147. The van der Waals surface area contributed by atoms with Gasteiger partial charge in [0.2, 0.25) is 0 Å². The fourth-order valence-electron chi connectivity index (χ4n) is 2.89. The third-order valence-electron chi connectivity index (χ3n) is 5.22. The van der Waals surface area contributed by atoms with Crippen molar-refractivity contribution in [3.63, 3.8) is 0 Å². The Bertz CT molecular complexity index is 1510. The van der Waals surface area contributed by atoms with Gasteiger partial charge < -0.3 is 101 Å². The zero-order valence-corrected chi connectivity index (χ0v) is 26.2. The van der Waals surface area contributed by atoms with Gasteiger partial charge in [0.05, 0.1) is 23.9 Å². The number of rotatable bonds is 4. The Morgan fingerprint density at radius 2 is 0.408 bits per heavy atom. The minimum Gasteiger partial charge on any atom is -0.545 e. The summed E-state index contributed by atoms with van der Waals surface area (Å²) in [7, 11) is 0. The van der Waals surface area contributed by atoms with Gasteiger partial charge in [-0.2, -0.15) is 0 Å². The van der Waals surface area contributed by atoms with E-state index in [0.717, 1.165) is 48.5 Å². The van der Waals surface area contributed by atoms with E-state index in [1.807, 2.05) is 0 Å². The Labute approximate surface area is 290 Å². The molecule has 4 aromatic carbocycles. The molecule has 0 atom stereocenters. The van der Waals surface area contributed by atoms with Crippen LogP contribution in [0.15, 0.2) is 48.5 Å². The summed E-state index contributed by atoms with van der Waals surface area (Å²) in [6.07, 6.45) is 0. The van der Waals surface area contributed by atoms with Gasteiger partial charge >= 0.3 is 26.2 Å². The molecular formula is C28H20O20Zr. The maximum Gasteiger partial charge on any atom is 4.00 e. The fraction of sp³-hybridized carbons (Fsp3) is 0. The van der Waals surface area contributed by atoms with Crippen LogP contribution in [0.3, 0.4) is 0 Å². The molecule has 0 aliphatic rings. The fourth-order valence-corrected chi connectivity index (χ4v) is 2.89. The van der Waals surface area contributed by atoms with E-state index in [0.29, 0.717) is 0 Å². The molecule has 20 nitrogen and oxygen atoms in total. The van der Waals surface area contributed by atoms with Gasteiger partial charge in [-0.3, -0.25) is 0 Å². The second kappa shape index (κ2) is 17.8. The molecule has 4 aromatic rings. The van der Waals surface area contributed by atoms with Crippen molar-refractivity contribution in [2.45, 2.75) is 0 Å². The molecule has 4 rings (SSSR count). The van der Waals surface area contributed by atoms with Crippen LogP contribution in [0.1, 0.15) is 41.4 Å². The number of carbonyl (C=O) groups excluding carboxylic acids is 4. The van der Waals surface area contributed by atoms with Gasteiger partial charge in [-0.15, -0.1) is 0 Å². The summed E-state index contributed by atoms with van der Waals surface area (Å²) in [5.41, 5.74) is -1.60. The number of aromatic hydroxyl groups is 12. The van der Waals surface area contributed by atoms with Gasteiger partial charge in [0.15, 0.2) is 69.0 Å². The van der Waals surface area contributed by atoms with Crippen LogP contribution in [0, 0.1) is 0 Å². The van der Waals surface area contributed by atoms with Crippen LogP contribution >= 0.6 is 0 Å². The first-order valence-electron chi connectivity index (χ1n) is 11.9. The molecule has 0 fully saturated rings. The average molecular weight is 768 g/mol. The first-order chi connectivity index (χ1) is 22.1. The SMILES string of the molecule is O=C([O-])c1cc(O)c(O)c(O)c1.O=C([O-])c1cc(O)c(O)c(O)c1.O=C([O-])c1cc(O)c(O)c(O)c1.O=C([O-])c1cc(O)c(O)c(O)c1.[Zr+4]. The number of phenols is 12. The predicted octanol–water partition coefficient (Wildman–Crippen LogP) is -3.33. The molecule has 12 N–H and O–H groups in total. The molecule has 256 valence electrons. The molecule has 21 heteroatoms. The number of benzene rings is 4. The largest absolute Gasteiger partial charge is 4.00 e. The Kier molecular flexibility index (Phi) is 15.4. The molecule has 0 bridgehead atoms. The van der Waals surface area contributed by atoms with Crippen LogP contribution in [0.25, 0.3) is 0 Å². The van der Waals surface area contributed by atoms with Gasteiger partial charge in [-0.05, 0) is 48.5 Å². The zero-order chi connectivity index (χ0) is 37.2. The summed E-state index contributed by atoms with van der Waals surface area (Å²) in [4.78, 5) is 40.8. The summed E-state index contributed by atoms with van der Waals surface area (Å²) >= 11 is 0. The number of carbonyl (C=O) groups is 4. The molecule has 0 saturated heterocycles. The van der Waals surface area contributed by atoms with Crippen LogP contribution in [-0.2, 0) is 26.2 Å². The van der Waals surface area contributed by atoms with E-state index in [2.05, 4.69) is 0 Å². The van der Waals surface area contributed by atoms with Crippen LogP contribution in [-0.4, -0.2) is 85.2 Å². The van der Waals surface area contributed by atoms with E-state index >= 15 is 0 Å². The Balaban J connectivity index is 0.000000623. The van der Waals surface area contributed by atoms with E-state index in [-0.39, 0.29) is 26.2 Å². The molecule has 0 aromatic heterocycles. The van der Waals surface area contributed by atoms with Crippen LogP contribution < -0.4 is 20.4 Å². The maximum atomic E-state index is 10.2. The third-order valence-corrected chi connectivity index (χ3v) is 5.22. The molecule has 49 heavy (non-hydrogen) atoms. The molecule has 0 heterocycles. The van der Waals surface area contributed by atoms with Crippen molar-refractivity contribution in [3.8, 4) is 69.0 Å². The van der Waals surface area contributed by atoms with E-state index < -0.39 is 115 Å². The summed E-state index contributed by atoms with van der Waals surface area (Å²) < 4.78 is 0. The Hall–Kier alpha value is -6.76. The van der Waals surface area contributed by atoms with Gasteiger partial charge in [-0.25, -0.2) is 0 Å². The number of hydrogen-bond donors (Lipinski definition) is 12. The number of aromatic carboxylic acids is 4. The average Bonchev–Trinajstić information content (AvgIpc) is 2.99. The van der Waals surface area contributed by atoms with Gasteiger partial charge in [-0.1, -0.05) is 0 Å². The molecule has 0 aliphatic carbocycles. The summed E-state index contributed by atoms with van der Waals surface area (Å²) in [5.74, 6) is -14.8. The van der Waals surface area contributed by atoms with E-state index in [1.54, 1.807) is 0 Å². The summed E-state index contributed by atoms with van der Waals surface area (Å²) in [6, 6.07) is 6.26. The van der Waals surface area contributed by atoms with Crippen molar-refractivity contribution in [3.05, 3.63) is 70.8 Å². The maximum absolute atomic E-state index is 10.2. The quantitative estimate of drug-likeness (QED) is 0.0903. The first kappa shape index (κ1) is 42.2. The monoisotopic (exact) mass is 766 g/mol. The number of hydrogen-bond acceptors (Lipinski definition) is 20. The van der Waals surface area contributed by atoms with Crippen molar-refractivity contribution in [1.29, 1.82) is 0 Å². The van der Waals surface area contributed by atoms with Gasteiger partial charge in [0, 0.05) is 22.3 Å². The van der Waals surface area contributed by atoms with Gasteiger partial charge in [0.1, 0.15) is 0 Å². The molecular weight excluding hydrogens is 748 g/mol. The van der Waals surface area contributed by atoms with Crippen molar-refractivity contribution in [2.24, 2.45) is 0 Å². The smallest absolute Gasteiger partial charge is 0.545 e. The second-order valence-corrected chi connectivity index (χ2v) is 8.60. The molecule has 0 aliphatic heterocycles. The molecule has 0 unspecified atom stereocenters.